The van der Waals surface area contributed by atoms with Crippen LogP contribution in [0.4, 0.5) is 0 Å². The molecule has 0 fully saturated rings. The van der Waals surface area contributed by atoms with Crippen molar-refractivity contribution in [2.45, 2.75) is 10.9 Å². The Morgan fingerprint density at radius 2 is 2.00 bits per heavy atom. The summed E-state index contributed by atoms with van der Waals surface area (Å²) in [6.07, 6.45) is 0. The van der Waals surface area contributed by atoms with Crippen LogP contribution in [0.2, 0.25) is 0 Å². The Morgan fingerprint density at radius 3 is 2.44 bits per heavy atom. The minimum absolute atomic E-state index is 0.106. The molecule has 0 unspecified atom stereocenters. The molecule has 1 rings (SSSR count). The van der Waals surface area contributed by atoms with Crippen LogP contribution in [-0.2, 0) is 14.8 Å². The first-order valence-electron chi connectivity index (χ1n) is 4.59. The van der Waals surface area contributed by atoms with Gasteiger partial charge in [-0.05, 0) is 34.1 Å². The number of carboxylic acid groups (broad SMARTS) is 1. The molecule has 0 aromatic heterocycles. The molecular formula is C9H9Br2NO5S. The van der Waals surface area contributed by atoms with Gasteiger partial charge in [0.25, 0.3) is 0 Å². The van der Waals surface area contributed by atoms with E-state index in [1.165, 1.54) is 18.2 Å². The Balaban J connectivity index is 3.10. The van der Waals surface area contributed by atoms with Gasteiger partial charge in [-0.25, -0.2) is 8.42 Å². The van der Waals surface area contributed by atoms with E-state index >= 15 is 0 Å². The van der Waals surface area contributed by atoms with E-state index in [0.717, 1.165) is 0 Å². The zero-order valence-electron chi connectivity index (χ0n) is 8.80. The van der Waals surface area contributed by atoms with Crippen LogP contribution >= 0.6 is 31.9 Å². The second-order valence-corrected chi connectivity index (χ2v) is 6.72. The van der Waals surface area contributed by atoms with Gasteiger partial charge in [-0.1, -0.05) is 15.9 Å². The summed E-state index contributed by atoms with van der Waals surface area (Å²) < 4.78 is 26.7. The highest BCUT2D eigenvalue weighted by Gasteiger charge is 2.26. The lowest BCUT2D eigenvalue weighted by Gasteiger charge is -2.13. The maximum Gasteiger partial charge on any atom is 0.324 e. The molecule has 0 heterocycles. The van der Waals surface area contributed by atoms with Crippen LogP contribution in [0.5, 0.6) is 0 Å². The lowest BCUT2D eigenvalue weighted by atomic mass is 10.3. The summed E-state index contributed by atoms with van der Waals surface area (Å²) in [4.78, 5) is 10.6. The Morgan fingerprint density at radius 1 is 1.39 bits per heavy atom. The minimum atomic E-state index is -4.02. The lowest BCUT2D eigenvalue weighted by Crippen LogP contribution is -2.43. The smallest absolute Gasteiger partial charge is 0.324 e. The fourth-order valence-corrected chi connectivity index (χ4v) is 4.04. The average molecular weight is 403 g/mol. The molecule has 0 saturated heterocycles. The van der Waals surface area contributed by atoms with Gasteiger partial charge in [0.2, 0.25) is 10.0 Å². The van der Waals surface area contributed by atoms with Crippen molar-refractivity contribution in [1.29, 1.82) is 0 Å². The summed E-state index contributed by atoms with van der Waals surface area (Å²) in [5.74, 6) is -1.45. The Labute approximate surface area is 120 Å². The standard InChI is InChI=1S/C9H9Br2NO5S/c10-5-1-2-8(6(11)3-5)18(16,17)12-7(4-13)9(14)15/h1-3,7,12-13H,4H2,(H,14,15)/t7-/m1/s1. The van der Waals surface area contributed by atoms with Gasteiger partial charge in [-0.2, -0.15) is 4.72 Å². The summed E-state index contributed by atoms with van der Waals surface area (Å²) >= 11 is 6.24. The highest BCUT2D eigenvalue weighted by Crippen LogP contribution is 2.25. The number of benzene rings is 1. The molecular weight excluding hydrogens is 394 g/mol. The molecule has 0 aliphatic heterocycles. The maximum absolute atomic E-state index is 11.9. The van der Waals surface area contributed by atoms with Crippen LogP contribution in [0.15, 0.2) is 32.0 Å². The van der Waals surface area contributed by atoms with Gasteiger partial charge in [-0.3, -0.25) is 4.79 Å². The molecule has 9 heteroatoms. The van der Waals surface area contributed by atoms with Gasteiger partial charge in [0.05, 0.1) is 11.5 Å². The van der Waals surface area contributed by atoms with E-state index in [1.54, 1.807) is 0 Å². The van der Waals surface area contributed by atoms with Crippen molar-refractivity contribution in [1.82, 2.24) is 4.72 Å². The van der Waals surface area contributed by atoms with E-state index in [-0.39, 0.29) is 9.37 Å². The lowest BCUT2D eigenvalue weighted by molar-refractivity contribution is -0.139. The number of halogens is 2. The first-order chi connectivity index (χ1) is 8.27. The molecule has 3 N–H and O–H groups in total. The summed E-state index contributed by atoms with van der Waals surface area (Å²) in [6, 6.07) is 2.76. The fraction of sp³-hybridized carbons (Fsp3) is 0.222. The third-order valence-corrected chi connectivity index (χ3v) is 4.90. The van der Waals surface area contributed by atoms with Gasteiger partial charge in [0, 0.05) is 8.95 Å². The van der Waals surface area contributed by atoms with Crippen LogP contribution in [0.1, 0.15) is 0 Å². The van der Waals surface area contributed by atoms with Gasteiger partial charge in [0.1, 0.15) is 6.04 Å². The highest BCUT2D eigenvalue weighted by atomic mass is 79.9. The third kappa shape index (κ3) is 3.75. The highest BCUT2D eigenvalue weighted by molar-refractivity contribution is 9.11. The van der Waals surface area contributed by atoms with Gasteiger partial charge < -0.3 is 10.2 Å². The van der Waals surface area contributed by atoms with E-state index < -0.39 is 28.6 Å². The second-order valence-electron chi connectivity index (χ2n) is 3.27. The molecule has 1 aromatic rings. The zero-order valence-corrected chi connectivity index (χ0v) is 12.8. The Kier molecular flexibility index (Phi) is 5.29. The van der Waals surface area contributed by atoms with Crippen molar-refractivity contribution >= 4 is 47.9 Å². The topological polar surface area (TPSA) is 104 Å². The number of aliphatic hydroxyl groups is 1. The van der Waals surface area contributed by atoms with Crippen molar-refractivity contribution < 1.29 is 23.4 Å². The first-order valence-corrected chi connectivity index (χ1v) is 7.66. The Hall–Kier alpha value is -0.480. The summed E-state index contributed by atoms with van der Waals surface area (Å²) in [6.45, 7) is -0.831. The predicted octanol–water partition coefficient (Wildman–Crippen LogP) is 0.935. The summed E-state index contributed by atoms with van der Waals surface area (Å²) in [5, 5.41) is 17.5. The van der Waals surface area contributed by atoms with E-state index in [2.05, 4.69) is 31.9 Å². The molecule has 0 aliphatic carbocycles. The van der Waals surface area contributed by atoms with E-state index in [4.69, 9.17) is 10.2 Å². The van der Waals surface area contributed by atoms with Crippen molar-refractivity contribution in [3.63, 3.8) is 0 Å². The van der Waals surface area contributed by atoms with Gasteiger partial charge in [-0.15, -0.1) is 0 Å². The van der Waals surface area contributed by atoms with Crippen molar-refractivity contribution in [3.8, 4) is 0 Å². The summed E-state index contributed by atoms with van der Waals surface area (Å²) in [5.41, 5.74) is 0. The molecule has 100 valence electrons. The van der Waals surface area contributed by atoms with Gasteiger partial charge >= 0.3 is 5.97 Å². The van der Waals surface area contributed by atoms with Crippen LogP contribution in [0, 0.1) is 0 Å². The van der Waals surface area contributed by atoms with Crippen LogP contribution in [0.3, 0.4) is 0 Å². The number of hydrogen-bond donors (Lipinski definition) is 3. The number of hydrogen-bond acceptors (Lipinski definition) is 4. The summed E-state index contributed by atoms with van der Waals surface area (Å²) in [7, 11) is -4.02. The molecule has 0 bridgehead atoms. The van der Waals surface area contributed by atoms with E-state index in [0.29, 0.717) is 4.47 Å². The number of carbonyl (C=O) groups is 1. The molecule has 0 radical (unpaired) electrons. The minimum Gasteiger partial charge on any atom is -0.480 e. The first kappa shape index (κ1) is 15.6. The van der Waals surface area contributed by atoms with E-state index in [9.17, 15) is 13.2 Å². The van der Waals surface area contributed by atoms with Crippen LogP contribution in [-0.4, -0.2) is 37.2 Å². The number of sulfonamides is 1. The maximum atomic E-state index is 11.9. The number of rotatable bonds is 5. The van der Waals surface area contributed by atoms with Gasteiger partial charge in [0.15, 0.2) is 0 Å². The van der Waals surface area contributed by atoms with Crippen LogP contribution in [0.25, 0.3) is 0 Å². The van der Waals surface area contributed by atoms with Crippen LogP contribution < -0.4 is 4.72 Å². The number of aliphatic hydroxyl groups excluding tert-OH is 1. The van der Waals surface area contributed by atoms with Crippen molar-refractivity contribution in [3.05, 3.63) is 27.1 Å². The molecule has 1 aromatic carbocycles. The average Bonchev–Trinajstić information content (AvgIpc) is 2.24. The number of nitrogens with one attached hydrogen (secondary N) is 1. The third-order valence-electron chi connectivity index (χ3n) is 1.96. The van der Waals surface area contributed by atoms with Crippen molar-refractivity contribution in [2.75, 3.05) is 6.61 Å². The molecule has 6 nitrogen and oxygen atoms in total. The molecule has 18 heavy (non-hydrogen) atoms. The normalized spacial score (nSPS) is 13.3. The SMILES string of the molecule is O=C(O)[C@@H](CO)NS(=O)(=O)c1ccc(Br)cc1Br. The quantitative estimate of drug-likeness (QED) is 0.679. The molecule has 0 amide bonds. The molecule has 1 atom stereocenters. The fourth-order valence-electron chi connectivity index (χ4n) is 1.11. The largest absolute Gasteiger partial charge is 0.480 e. The predicted molar refractivity (Wildman–Crippen MR) is 70.7 cm³/mol. The molecule has 0 spiro atoms. The number of aliphatic carboxylic acids is 1. The number of carboxylic acids is 1. The second kappa shape index (κ2) is 6.11. The van der Waals surface area contributed by atoms with Crippen molar-refractivity contribution in [2.24, 2.45) is 0 Å². The molecule has 0 saturated carbocycles. The molecule has 0 aliphatic rings. The Bertz CT molecular complexity index is 560. The zero-order chi connectivity index (χ0) is 13.9. The van der Waals surface area contributed by atoms with E-state index in [1.807, 2.05) is 4.72 Å². The monoisotopic (exact) mass is 401 g/mol.